The smallest absolute Gasteiger partial charge is 0.241 e. The first-order valence-corrected chi connectivity index (χ1v) is 13.8. The van der Waals surface area contributed by atoms with Crippen molar-refractivity contribution in [3.63, 3.8) is 0 Å². The zero-order valence-electron chi connectivity index (χ0n) is 20.9. The van der Waals surface area contributed by atoms with E-state index in [1.54, 1.807) is 34.1 Å². The molecule has 1 N–H and O–H groups in total. The van der Waals surface area contributed by atoms with E-state index < -0.39 is 16.1 Å². The minimum Gasteiger partial charge on any atom is -0.368 e. The lowest BCUT2D eigenvalue weighted by atomic mass is 10.0. The third kappa shape index (κ3) is 5.70. The SMILES string of the molecule is CC(=O)N1CCc2cc(S(=O)(=O)N[C@H](CC(C)C)C(=O)N3CCN(c4ccc(F)cc4)CC3)ccc21. The number of nitrogens with one attached hydrogen (secondary N) is 1. The predicted octanol–water partition coefficient (Wildman–Crippen LogP) is 2.78. The van der Waals surface area contributed by atoms with E-state index in [1.165, 1.54) is 25.1 Å². The van der Waals surface area contributed by atoms with Crippen molar-refractivity contribution < 1.29 is 22.4 Å². The van der Waals surface area contributed by atoms with Gasteiger partial charge in [0.05, 0.1) is 4.90 Å². The number of piperazine rings is 1. The van der Waals surface area contributed by atoms with Gasteiger partial charge in [-0.3, -0.25) is 9.59 Å². The Morgan fingerprint density at radius 1 is 1.00 bits per heavy atom. The molecule has 2 amide bonds. The largest absolute Gasteiger partial charge is 0.368 e. The number of hydrogen-bond acceptors (Lipinski definition) is 5. The van der Waals surface area contributed by atoms with E-state index in [0.29, 0.717) is 45.6 Å². The maximum Gasteiger partial charge on any atom is 0.241 e. The number of rotatable bonds is 7. The monoisotopic (exact) mass is 516 g/mol. The van der Waals surface area contributed by atoms with Gasteiger partial charge in [0.1, 0.15) is 11.9 Å². The molecule has 4 rings (SSSR count). The minimum atomic E-state index is -3.95. The lowest BCUT2D eigenvalue weighted by Gasteiger charge is -2.38. The Morgan fingerprint density at radius 2 is 1.67 bits per heavy atom. The van der Waals surface area contributed by atoms with Crippen LogP contribution in [-0.2, 0) is 26.0 Å². The Bertz CT molecular complexity index is 1230. The quantitative estimate of drug-likeness (QED) is 0.611. The standard InChI is InChI=1S/C26H33FN4O4S/c1-18(2)16-24(26(33)30-14-12-29(13-15-30)22-6-4-21(27)5-7-22)28-36(34,35)23-8-9-25-20(17-23)10-11-31(25)19(3)32/h4-9,17-18,24,28H,10-16H2,1-3H3/t24-/m1/s1. The molecule has 0 aliphatic carbocycles. The van der Waals surface area contributed by atoms with E-state index >= 15 is 0 Å². The fraction of sp³-hybridized carbons (Fsp3) is 0.462. The number of carbonyl (C=O) groups is 2. The molecule has 2 aromatic rings. The fourth-order valence-electron chi connectivity index (χ4n) is 4.86. The second-order valence-electron chi connectivity index (χ2n) is 9.80. The highest BCUT2D eigenvalue weighted by Crippen LogP contribution is 2.30. The summed E-state index contributed by atoms with van der Waals surface area (Å²) < 4.78 is 42.5. The molecule has 0 aromatic heterocycles. The van der Waals surface area contributed by atoms with Crippen LogP contribution in [0.3, 0.4) is 0 Å². The summed E-state index contributed by atoms with van der Waals surface area (Å²) in [5, 5.41) is 0. The van der Waals surface area contributed by atoms with Gasteiger partial charge in [-0.15, -0.1) is 0 Å². The summed E-state index contributed by atoms with van der Waals surface area (Å²) >= 11 is 0. The number of sulfonamides is 1. The molecule has 0 spiro atoms. The van der Waals surface area contributed by atoms with Gasteiger partial charge in [0, 0.05) is 51.0 Å². The molecule has 2 aliphatic heterocycles. The third-order valence-electron chi connectivity index (χ3n) is 6.72. The van der Waals surface area contributed by atoms with Crippen LogP contribution in [0.2, 0.25) is 0 Å². The molecule has 8 nitrogen and oxygen atoms in total. The van der Waals surface area contributed by atoms with E-state index in [1.807, 2.05) is 13.8 Å². The Balaban J connectivity index is 1.46. The van der Waals surface area contributed by atoms with Crippen LogP contribution >= 0.6 is 0 Å². The molecule has 0 saturated carbocycles. The summed E-state index contributed by atoms with van der Waals surface area (Å²) in [6, 6.07) is 10.1. The second kappa shape index (κ2) is 10.6. The van der Waals surface area contributed by atoms with Crippen molar-refractivity contribution in [1.29, 1.82) is 0 Å². The zero-order valence-corrected chi connectivity index (χ0v) is 21.7. The number of nitrogens with zero attached hydrogens (tertiary/aromatic N) is 3. The van der Waals surface area contributed by atoms with Crippen LogP contribution < -0.4 is 14.5 Å². The van der Waals surface area contributed by atoms with E-state index in [9.17, 15) is 22.4 Å². The summed E-state index contributed by atoms with van der Waals surface area (Å²) in [6.07, 6.45) is 0.963. The molecule has 1 atom stereocenters. The molecule has 1 fully saturated rings. The molecule has 1 saturated heterocycles. The highest BCUT2D eigenvalue weighted by Gasteiger charge is 2.32. The number of amides is 2. The van der Waals surface area contributed by atoms with Crippen molar-refractivity contribution in [2.24, 2.45) is 5.92 Å². The summed E-state index contributed by atoms with van der Waals surface area (Å²) in [4.78, 5) is 30.7. The van der Waals surface area contributed by atoms with Crippen molar-refractivity contribution in [3.05, 3.63) is 53.8 Å². The number of anilines is 2. The lowest BCUT2D eigenvalue weighted by Crippen LogP contribution is -2.55. The van der Waals surface area contributed by atoms with Crippen molar-refractivity contribution in [3.8, 4) is 0 Å². The molecule has 0 bridgehead atoms. The Hall–Kier alpha value is -2.98. The Kier molecular flexibility index (Phi) is 7.65. The van der Waals surface area contributed by atoms with Gasteiger partial charge in [-0.25, -0.2) is 12.8 Å². The van der Waals surface area contributed by atoms with Crippen molar-refractivity contribution >= 4 is 33.2 Å². The van der Waals surface area contributed by atoms with Gasteiger partial charge in [0.15, 0.2) is 0 Å². The summed E-state index contributed by atoms with van der Waals surface area (Å²) in [5.74, 6) is -0.512. The maximum atomic E-state index is 13.4. The lowest BCUT2D eigenvalue weighted by molar-refractivity contribution is -0.133. The van der Waals surface area contributed by atoms with E-state index in [2.05, 4.69) is 9.62 Å². The third-order valence-corrected chi connectivity index (χ3v) is 8.19. The van der Waals surface area contributed by atoms with Crippen LogP contribution in [0.4, 0.5) is 15.8 Å². The van der Waals surface area contributed by atoms with Crippen molar-refractivity contribution in [1.82, 2.24) is 9.62 Å². The number of benzene rings is 2. The molecule has 0 unspecified atom stereocenters. The number of hydrogen-bond donors (Lipinski definition) is 1. The van der Waals surface area contributed by atoms with Crippen LogP contribution in [0.15, 0.2) is 47.4 Å². The van der Waals surface area contributed by atoms with Crippen LogP contribution in [0.25, 0.3) is 0 Å². The molecule has 2 aromatic carbocycles. The molecule has 194 valence electrons. The van der Waals surface area contributed by atoms with Crippen molar-refractivity contribution in [2.75, 3.05) is 42.5 Å². The maximum absolute atomic E-state index is 13.4. The van der Waals surface area contributed by atoms with Gasteiger partial charge < -0.3 is 14.7 Å². The highest BCUT2D eigenvalue weighted by molar-refractivity contribution is 7.89. The summed E-state index contributed by atoms with van der Waals surface area (Å²) in [6.45, 7) is 7.98. The molecule has 2 heterocycles. The van der Waals surface area contributed by atoms with Crippen LogP contribution in [0.1, 0.15) is 32.8 Å². The first-order valence-electron chi connectivity index (χ1n) is 12.3. The first kappa shape index (κ1) is 26.1. The number of fused-ring (bicyclic) bond motifs is 1. The van der Waals surface area contributed by atoms with Gasteiger partial charge in [-0.05, 0) is 66.8 Å². The van der Waals surface area contributed by atoms with E-state index in [-0.39, 0.29) is 28.4 Å². The zero-order chi connectivity index (χ0) is 26.0. The fourth-order valence-corrected chi connectivity index (χ4v) is 6.11. The van der Waals surface area contributed by atoms with Gasteiger partial charge in [0.25, 0.3) is 0 Å². The van der Waals surface area contributed by atoms with Gasteiger partial charge >= 0.3 is 0 Å². The molecule has 0 radical (unpaired) electrons. The average molecular weight is 517 g/mol. The molecular weight excluding hydrogens is 483 g/mol. The summed E-state index contributed by atoms with van der Waals surface area (Å²) in [7, 11) is -3.95. The topological polar surface area (TPSA) is 90.0 Å². The molecule has 2 aliphatic rings. The molecular formula is C26H33FN4O4S. The number of halogens is 1. The van der Waals surface area contributed by atoms with E-state index in [4.69, 9.17) is 0 Å². The molecule has 10 heteroatoms. The van der Waals surface area contributed by atoms with Crippen LogP contribution in [0, 0.1) is 11.7 Å². The number of carbonyl (C=O) groups excluding carboxylic acids is 2. The highest BCUT2D eigenvalue weighted by atomic mass is 32.2. The van der Waals surface area contributed by atoms with Gasteiger partial charge in [-0.2, -0.15) is 4.72 Å². The Labute approximate surface area is 212 Å². The van der Waals surface area contributed by atoms with E-state index in [0.717, 1.165) is 16.9 Å². The molecule has 36 heavy (non-hydrogen) atoms. The van der Waals surface area contributed by atoms with Crippen molar-refractivity contribution in [2.45, 2.75) is 44.6 Å². The van der Waals surface area contributed by atoms with Gasteiger partial charge in [-0.1, -0.05) is 13.8 Å². The predicted molar refractivity (Wildman–Crippen MR) is 137 cm³/mol. The summed E-state index contributed by atoms with van der Waals surface area (Å²) in [5.41, 5.74) is 2.43. The average Bonchev–Trinajstić information content (AvgIpc) is 3.27. The van der Waals surface area contributed by atoms with Crippen LogP contribution in [0.5, 0.6) is 0 Å². The first-order chi connectivity index (χ1) is 17.0. The second-order valence-corrected chi connectivity index (χ2v) is 11.5. The normalized spacial score (nSPS) is 16.9. The van der Waals surface area contributed by atoms with Crippen LogP contribution in [-0.4, -0.2) is 63.9 Å². The minimum absolute atomic E-state index is 0.0791. The Morgan fingerprint density at radius 3 is 2.28 bits per heavy atom. The van der Waals surface area contributed by atoms with Gasteiger partial charge in [0.2, 0.25) is 21.8 Å².